The molecule has 0 bridgehead atoms. The van der Waals surface area contributed by atoms with Gasteiger partial charge in [0, 0.05) is 0 Å². The van der Waals surface area contributed by atoms with Gasteiger partial charge in [-0.1, -0.05) is 13.8 Å². The highest BCUT2D eigenvalue weighted by atomic mass is 35.5. The number of hydrogen-bond acceptors (Lipinski definition) is 3. The Balaban J connectivity index is 0.00000169. The zero-order valence-electron chi connectivity index (χ0n) is 8.86. The molecule has 0 unspecified atom stereocenters. The van der Waals surface area contributed by atoms with Crippen LogP contribution in [0.5, 0.6) is 0 Å². The number of carbonyl (C=O) groups is 1. The second-order valence-corrected chi connectivity index (χ2v) is 4.31. The molecular weight excluding hydrogens is 202 g/mol. The van der Waals surface area contributed by atoms with Crippen LogP contribution in [0.15, 0.2) is 0 Å². The van der Waals surface area contributed by atoms with Gasteiger partial charge >= 0.3 is 5.97 Å². The Hall–Kier alpha value is -0.280. The van der Waals surface area contributed by atoms with Gasteiger partial charge in [-0.3, -0.25) is 4.79 Å². The van der Waals surface area contributed by atoms with E-state index in [1.54, 1.807) is 0 Å². The zero-order valence-corrected chi connectivity index (χ0v) is 9.68. The van der Waals surface area contributed by atoms with Crippen molar-refractivity contribution < 1.29 is 9.53 Å². The van der Waals surface area contributed by atoms with E-state index < -0.39 is 6.04 Å². The molecule has 0 spiro atoms. The first-order valence-corrected chi connectivity index (χ1v) is 5.01. The van der Waals surface area contributed by atoms with E-state index in [1.807, 2.05) is 13.8 Å². The second kappa shape index (κ2) is 6.25. The summed E-state index contributed by atoms with van der Waals surface area (Å²) in [7, 11) is 0. The lowest BCUT2D eigenvalue weighted by Gasteiger charge is -2.12. The number of esters is 1. The number of nitrogens with two attached hydrogens (primary N) is 1. The molecule has 3 nitrogen and oxygen atoms in total. The van der Waals surface area contributed by atoms with E-state index in [0.717, 1.165) is 0 Å². The molecule has 0 aromatic heterocycles. The standard InChI is InChI=1S/C10H19NO2.ClH/c1-7(2)5-9(11)10(12)13-6-8-3-4-8;/h7-9H,3-6,11H2,1-2H3;1H/t9-;/m0./s1. The van der Waals surface area contributed by atoms with Gasteiger partial charge in [-0.2, -0.15) is 0 Å². The number of carbonyl (C=O) groups excluding carboxylic acids is 1. The molecule has 0 heterocycles. The minimum absolute atomic E-state index is 0. The molecule has 4 heteroatoms. The number of hydrogen-bond donors (Lipinski definition) is 1. The van der Waals surface area contributed by atoms with Gasteiger partial charge in [0.1, 0.15) is 6.04 Å². The Morgan fingerprint density at radius 2 is 2.07 bits per heavy atom. The lowest BCUT2D eigenvalue weighted by atomic mass is 10.1. The van der Waals surface area contributed by atoms with Gasteiger partial charge in [0.15, 0.2) is 0 Å². The van der Waals surface area contributed by atoms with Gasteiger partial charge in [0.05, 0.1) is 6.61 Å². The van der Waals surface area contributed by atoms with E-state index in [2.05, 4.69) is 0 Å². The molecule has 1 aliphatic carbocycles. The van der Waals surface area contributed by atoms with Crippen molar-refractivity contribution in [2.24, 2.45) is 17.6 Å². The van der Waals surface area contributed by atoms with Crippen molar-refractivity contribution in [1.82, 2.24) is 0 Å². The van der Waals surface area contributed by atoms with E-state index >= 15 is 0 Å². The van der Waals surface area contributed by atoms with E-state index in [-0.39, 0.29) is 18.4 Å². The topological polar surface area (TPSA) is 52.3 Å². The van der Waals surface area contributed by atoms with Crippen LogP contribution in [0.2, 0.25) is 0 Å². The molecule has 0 radical (unpaired) electrons. The fourth-order valence-corrected chi connectivity index (χ4v) is 1.20. The van der Waals surface area contributed by atoms with Crippen LogP contribution in [0.25, 0.3) is 0 Å². The predicted molar refractivity (Wildman–Crippen MR) is 58.4 cm³/mol. The average Bonchev–Trinajstić information content (AvgIpc) is 2.81. The number of ether oxygens (including phenoxy) is 1. The summed E-state index contributed by atoms with van der Waals surface area (Å²) in [5.74, 6) is 0.833. The van der Waals surface area contributed by atoms with Crippen LogP contribution >= 0.6 is 12.4 Å². The fraction of sp³-hybridized carbons (Fsp3) is 0.900. The molecule has 0 aliphatic heterocycles. The Kier molecular flexibility index (Phi) is 6.12. The Bertz CT molecular complexity index is 181. The minimum Gasteiger partial charge on any atom is -0.464 e. The molecule has 1 saturated carbocycles. The normalized spacial score (nSPS) is 17.4. The lowest BCUT2D eigenvalue weighted by molar-refractivity contribution is -0.146. The Labute approximate surface area is 91.8 Å². The maximum atomic E-state index is 11.3. The van der Waals surface area contributed by atoms with Gasteiger partial charge < -0.3 is 10.5 Å². The summed E-state index contributed by atoms with van der Waals surface area (Å²) < 4.78 is 5.06. The molecule has 2 N–H and O–H groups in total. The van der Waals surface area contributed by atoms with Crippen molar-refractivity contribution in [3.8, 4) is 0 Å². The molecule has 1 aliphatic rings. The van der Waals surface area contributed by atoms with Crippen molar-refractivity contribution in [1.29, 1.82) is 0 Å². The van der Waals surface area contributed by atoms with Gasteiger partial charge in [-0.25, -0.2) is 0 Å². The van der Waals surface area contributed by atoms with Crippen LogP contribution in [0.3, 0.4) is 0 Å². The largest absolute Gasteiger partial charge is 0.464 e. The quantitative estimate of drug-likeness (QED) is 0.720. The molecule has 84 valence electrons. The third kappa shape index (κ3) is 5.45. The van der Waals surface area contributed by atoms with Crippen LogP contribution in [0.4, 0.5) is 0 Å². The second-order valence-electron chi connectivity index (χ2n) is 4.31. The summed E-state index contributed by atoms with van der Waals surface area (Å²) in [4.78, 5) is 11.3. The first-order chi connectivity index (χ1) is 6.09. The third-order valence-electron chi connectivity index (χ3n) is 2.19. The van der Waals surface area contributed by atoms with E-state index in [1.165, 1.54) is 12.8 Å². The summed E-state index contributed by atoms with van der Waals surface area (Å²) in [6.45, 7) is 4.67. The zero-order chi connectivity index (χ0) is 9.84. The SMILES string of the molecule is CC(C)C[C@H](N)C(=O)OCC1CC1.Cl. The first kappa shape index (κ1) is 13.7. The molecule has 0 aromatic carbocycles. The summed E-state index contributed by atoms with van der Waals surface area (Å²) in [6.07, 6.45) is 3.11. The van der Waals surface area contributed by atoms with Gasteiger partial charge in [-0.05, 0) is 31.1 Å². The molecule has 1 atom stereocenters. The van der Waals surface area contributed by atoms with E-state index in [4.69, 9.17) is 10.5 Å². The smallest absolute Gasteiger partial charge is 0.322 e. The summed E-state index contributed by atoms with van der Waals surface area (Å²) in [5, 5.41) is 0. The maximum absolute atomic E-state index is 11.3. The van der Waals surface area contributed by atoms with Crippen LogP contribution in [-0.4, -0.2) is 18.6 Å². The van der Waals surface area contributed by atoms with Crippen molar-refractivity contribution in [3.05, 3.63) is 0 Å². The molecule has 0 aromatic rings. The predicted octanol–water partition coefficient (Wildman–Crippen LogP) is 1.73. The van der Waals surface area contributed by atoms with Crippen LogP contribution < -0.4 is 5.73 Å². The molecule has 1 fully saturated rings. The Morgan fingerprint density at radius 1 is 1.50 bits per heavy atom. The van der Waals surface area contributed by atoms with Crippen molar-refractivity contribution in [3.63, 3.8) is 0 Å². The highest BCUT2D eigenvalue weighted by molar-refractivity contribution is 5.85. The van der Waals surface area contributed by atoms with Crippen LogP contribution in [0.1, 0.15) is 33.1 Å². The lowest BCUT2D eigenvalue weighted by Crippen LogP contribution is -2.33. The van der Waals surface area contributed by atoms with Crippen molar-refractivity contribution >= 4 is 18.4 Å². The summed E-state index contributed by atoms with van der Waals surface area (Å²) >= 11 is 0. The summed E-state index contributed by atoms with van der Waals surface area (Å²) in [6, 6.07) is -0.432. The monoisotopic (exact) mass is 221 g/mol. The molecule has 14 heavy (non-hydrogen) atoms. The maximum Gasteiger partial charge on any atom is 0.322 e. The van der Waals surface area contributed by atoms with E-state index in [9.17, 15) is 4.79 Å². The summed E-state index contributed by atoms with van der Waals surface area (Å²) in [5.41, 5.74) is 5.65. The molecule has 0 amide bonds. The average molecular weight is 222 g/mol. The third-order valence-corrected chi connectivity index (χ3v) is 2.19. The van der Waals surface area contributed by atoms with Crippen LogP contribution in [0, 0.1) is 11.8 Å². The van der Waals surface area contributed by atoms with Gasteiger partial charge in [0.2, 0.25) is 0 Å². The molecular formula is C10H20ClNO2. The van der Waals surface area contributed by atoms with Gasteiger partial charge in [0.25, 0.3) is 0 Å². The van der Waals surface area contributed by atoms with Crippen LogP contribution in [-0.2, 0) is 9.53 Å². The minimum atomic E-state index is -0.432. The van der Waals surface area contributed by atoms with Crippen molar-refractivity contribution in [2.45, 2.75) is 39.2 Å². The first-order valence-electron chi connectivity index (χ1n) is 5.01. The number of halogens is 1. The fourth-order valence-electron chi connectivity index (χ4n) is 1.20. The molecule has 0 saturated heterocycles. The highest BCUT2D eigenvalue weighted by Gasteiger charge is 2.24. The van der Waals surface area contributed by atoms with E-state index in [0.29, 0.717) is 24.9 Å². The highest BCUT2D eigenvalue weighted by Crippen LogP contribution is 2.28. The van der Waals surface area contributed by atoms with Gasteiger partial charge in [-0.15, -0.1) is 12.4 Å². The Morgan fingerprint density at radius 3 is 2.50 bits per heavy atom. The van der Waals surface area contributed by atoms with Crippen molar-refractivity contribution in [2.75, 3.05) is 6.61 Å². The number of rotatable bonds is 5. The molecule has 1 rings (SSSR count).